The fourth-order valence-electron chi connectivity index (χ4n) is 9.40. The standard InChI is InChI=1S/C58H34N2O2S/c1-3-11-35(12-4-1)36-23-25-37(26-24-36)40-27-30-51-49(33-40)55-56(62-51)54(59-34-60-55)47-21-10-22-52-53(47)48-32-41(28-29-50(48)61-52)39-15-7-16-42(31-39)44-18-9-20-46-45-19-8-17-43(57(45)63-58(44)46)38-13-5-2-6-14-38/h1-34H. The first kappa shape index (κ1) is 35.6. The van der Waals surface area contributed by atoms with Crippen molar-refractivity contribution in [2.24, 2.45) is 0 Å². The Labute approximate surface area is 366 Å². The molecule has 0 aliphatic carbocycles. The normalized spacial score (nSPS) is 11.8. The molecule has 0 aliphatic heterocycles. The fraction of sp³-hybridized carbons (Fsp3) is 0. The summed E-state index contributed by atoms with van der Waals surface area (Å²) in [6.45, 7) is 0. The lowest BCUT2D eigenvalue weighted by molar-refractivity contribution is 0.667. The Balaban J connectivity index is 0.897. The van der Waals surface area contributed by atoms with Crippen molar-refractivity contribution in [1.82, 2.24) is 9.97 Å². The Morgan fingerprint density at radius 1 is 0.333 bits per heavy atom. The van der Waals surface area contributed by atoms with Crippen LogP contribution in [0.15, 0.2) is 215 Å². The maximum atomic E-state index is 6.62. The highest BCUT2D eigenvalue weighted by Crippen LogP contribution is 2.45. The van der Waals surface area contributed by atoms with Gasteiger partial charge in [0.1, 0.15) is 34.3 Å². The van der Waals surface area contributed by atoms with E-state index in [-0.39, 0.29) is 0 Å². The van der Waals surface area contributed by atoms with Gasteiger partial charge in [0, 0.05) is 41.9 Å². The maximum absolute atomic E-state index is 6.62. The highest BCUT2D eigenvalue weighted by atomic mass is 32.1. The Bertz CT molecular complexity index is 3900. The van der Waals surface area contributed by atoms with E-state index in [1.165, 1.54) is 53.6 Å². The average Bonchev–Trinajstić information content (AvgIpc) is 4.06. The number of rotatable bonds is 6. The van der Waals surface area contributed by atoms with Gasteiger partial charge in [-0.15, -0.1) is 11.3 Å². The monoisotopic (exact) mass is 822 g/mol. The van der Waals surface area contributed by atoms with E-state index < -0.39 is 0 Å². The van der Waals surface area contributed by atoms with Crippen molar-refractivity contribution in [1.29, 1.82) is 0 Å². The van der Waals surface area contributed by atoms with Crippen LogP contribution in [0, 0.1) is 0 Å². The summed E-state index contributed by atoms with van der Waals surface area (Å²) in [5.41, 5.74) is 17.3. The minimum atomic E-state index is 0.654. The first-order valence-corrected chi connectivity index (χ1v) is 21.9. The van der Waals surface area contributed by atoms with Gasteiger partial charge in [-0.25, -0.2) is 9.97 Å². The summed E-state index contributed by atoms with van der Waals surface area (Å²) in [6.07, 6.45) is 1.64. The summed E-state index contributed by atoms with van der Waals surface area (Å²) in [4.78, 5) is 9.65. The second-order valence-corrected chi connectivity index (χ2v) is 17.1. The van der Waals surface area contributed by atoms with Gasteiger partial charge in [-0.2, -0.15) is 0 Å². The van der Waals surface area contributed by atoms with E-state index in [0.29, 0.717) is 5.58 Å². The van der Waals surface area contributed by atoms with E-state index in [2.05, 4.69) is 176 Å². The molecule has 0 N–H and O–H groups in total. The Morgan fingerprint density at radius 3 is 1.60 bits per heavy atom. The fourth-order valence-corrected chi connectivity index (χ4v) is 10.8. The van der Waals surface area contributed by atoms with Crippen LogP contribution in [-0.4, -0.2) is 9.97 Å². The molecular formula is C58H34N2O2S. The molecule has 63 heavy (non-hydrogen) atoms. The minimum absolute atomic E-state index is 0.654. The first-order valence-electron chi connectivity index (χ1n) is 21.1. The van der Waals surface area contributed by atoms with E-state index in [9.17, 15) is 0 Å². The molecule has 294 valence electrons. The molecule has 0 fully saturated rings. The Hall–Kier alpha value is -8.12. The van der Waals surface area contributed by atoms with Gasteiger partial charge in [0.25, 0.3) is 0 Å². The van der Waals surface area contributed by atoms with Crippen LogP contribution >= 0.6 is 11.3 Å². The van der Waals surface area contributed by atoms with Gasteiger partial charge in [0.15, 0.2) is 5.58 Å². The second-order valence-electron chi connectivity index (χ2n) is 16.1. The summed E-state index contributed by atoms with van der Waals surface area (Å²) in [5.74, 6) is 0. The van der Waals surface area contributed by atoms with E-state index in [0.717, 1.165) is 71.9 Å². The van der Waals surface area contributed by atoms with E-state index in [1.807, 2.05) is 35.6 Å². The lowest BCUT2D eigenvalue weighted by Crippen LogP contribution is -1.88. The van der Waals surface area contributed by atoms with Crippen molar-refractivity contribution in [3.63, 3.8) is 0 Å². The summed E-state index contributed by atoms with van der Waals surface area (Å²) >= 11 is 1.88. The van der Waals surface area contributed by atoms with E-state index >= 15 is 0 Å². The van der Waals surface area contributed by atoms with Gasteiger partial charge < -0.3 is 8.83 Å². The average molecular weight is 823 g/mol. The zero-order valence-electron chi connectivity index (χ0n) is 33.7. The third-order valence-electron chi connectivity index (χ3n) is 12.4. The molecule has 5 heteroatoms. The lowest BCUT2D eigenvalue weighted by atomic mass is 9.96. The van der Waals surface area contributed by atoms with Gasteiger partial charge in [-0.3, -0.25) is 0 Å². The van der Waals surface area contributed by atoms with Crippen LogP contribution in [0.25, 0.3) is 131 Å². The number of fused-ring (bicyclic) bond motifs is 9. The number of benzene rings is 9. The van der Waals surface area contributed by atoms with Crippen molar-refractivity contribution >= 4 is 75.5 Å². The molecule has 0 bridgehead atoms. The number of nitrogens with zero attached hydrogens (tertiary/aromatic N) is 2. The van der Waals surface area contributed by atoms with E-state index in [1.54, 1.807) is 6.33 Å². The number of thiophene rings is 1. The molecule has 4 aromatic heterocycles. The molecule has 13 aromatic rings. The molecule has 0 atom stereocenters. The van der Waals surface area contributed by atoms with Gasteiger partial charge in [0.05, 0.1) is 0 Å². The summed E-state index contributed by atoms with van der Waals surface area (Å²) in [5, 5.41) is 5.54. The minimum Gasteiger partial charge on any atom is -0.456 e. The number of furan rings is 2. The summed E-state index contributed by atoms with van der Waals surface area (Å²) in [7, 11) is 0. The lowest BCUT2D eigenvalue weighted by Gasteiger charge is -2.08. The number of hydrogen-bond acceptors (Lipinski definition) is 5. The molecule has 13 rings (SSSR count). The van der Waals surface area contributed by atoms with Crippen molar-refractivity contribution in [2.75, 3.05) is 0 Å². The molecule has 4 nitrogen and oxygen atoms in total. The molecule has 4 heterocycles. The van der Waals surface area contributed by atoms with Gasteiger partial charge in [0.2, 0.25) is 0 Å². The van der Waals surface area contributed by atoms with Crippen LogP contribution in [0.3, 0.4) is 0 Å². The van der Waals surface area contributed by atoms with Gasteiger partial charge >= 0.3 is 0 Å². The van der Waals surface area contributed by atoms with Crippen LogP contribution in [0.2, 0.25) is 0 Å². The highest BCUT2D eigenvalue weighted by molar-refractivity contribution is 7.26. The third-order valence-corrected chi connectivity index (χ3v) is 13.7. The SMILES string of the molecule is c1ccc(-c2ccc(-c3ccc4oc5c(-c6cccc7oc8ccc(-c9cccc(-c%10cccc%11c%10sc%10c(-c%12ccccc%12)cccc%10%11)c9)cc8c67)ncnc5c4c3)cc2)cc1. The maximum Gasteiger partial charge on any atom is 0.180 e. The van der Waals surface area contributed by atoms with Crippen molar-refractivity contribution < 1.29 is 8.83 Å². The smallest absolute Gasteiger partial charge is 0.180 e. The molecule has 0 aliphatic rings. The second kappa shape index (κ2) is 14.2. The molecule has 0 unspecified atom stereocenters. The van der Waals surface area contributed by atoms with Crippen LogP contribution in [0.5, 0.6) is 0 Å². The predicted molar refractivity (Wildman–Crippen MR) is 262 cm³/mol. The largest absolute Gasteiger partial charge is 0.456 e. The zero-order chi connectivity index (χ0) is 41.4. The van der Waals surface area contributed by atoms with Crippen molar-refractivity contribution in [3.05, 3.63) is 207 Å². The molecule has 9 aromatic carbocycles. The van der Waals surface area contributed by atoms with E-state index in [4.69, 9.17) is 18.8 Å². The number of hydrogen-bond donors (Lipinski definition) is 0. The molecule has 0 saturated carbocycles. The highest BCUT2D eigenvalue weighted by Gasteiger charge is 2.21. The van der Waals surface area contributed by atoms with Crippen molar-refractivity contribution in [3.8, 4) is 66.9 Å². The summed E-state index contributed by atoms with van der Waals surface area (Å²) < 4.78 is 15.7. The number of aromatic nitrogens is 2. The first-order chi connectivity index (χ1) is 31.2. The Morgan fingerprint density at radius 2 is 0.857 bits per heavy atom. The quantitative estimate of drug-likeness (QED) is 0.168. The predicted octanol–water partition coefficient (Wildman–Crippen LogP) is 16.6. The Kier molecular flexibility index (Phi) is 8.05. The van der Waals surface area contributed by atoms with Crippen LogP contribution in [0.1, 0.15) is 0 Å². The third kappa shape index (κ3) is 5.82. The van der Waals surface area contributed by atoms with Crippen molar-refractivity contribution in [2.45, 2.75) is 0 Å². The zero-order valence-corrected chi connectivity index (χ0v) is 34.6. The summed E-state index contributed by atoms with van der Waals surface area (Å²) in [6, 6.07) is 71.1. The topological polar surface area (TPSA) is 52.1 Å². The molecular weight excluding hydrogens is 789 g/mol. The van der Waals surface area contributed by atoms with Gasteiger partial charge in [-0.1, -0.05) is 164 Å². The van der Waals surface area contributed by atoms with Gasteiger partial charge in [-0.05, 0) is 92.0 Å². The van der Waals surface area contributed by atoms with Crippen LogP contribution < -0.4 is 0 Å². The van der Waals surface area contributed by atoms with Crippen LogP contribution in [0.4, 0.5) is 0 Å². The molecule has 0 amide bonds. The molecule has 0 spiro atoms. The molecule has 0 saturated heterocycles. The molecule has 0 radical (unpaired) electrons. The van der Waals surface area contributed by atoms with Crippen LogP contribution in [-0.2, 0) is 0 Å².